The van der Waals surface area contributed by atoms with E-state index in [4.69, 9.17) is 18.9 Å². The average Bonchev–Trinajstić information content (AvgIpc) is 3.21. The van der Waals surface area contributed by atoms with Gasteiger partial charge in [0.2, 0.25) is 6.79 Å². The molecule has 0 atom stereocenters. The zero-order chi connectivity index (χ0) is 20.1. The fourth-order valence-electron chi connectivity index (χ4n) is 3.03. The highest BCUT2D eigenvalue weighted by Crippen LogP contribution is 2.36. The molecule has 4 rings (SSSR count). The molecule has 0 unspecified atom stereocenters. The highest BCUT2D eigenvalue weighted by molar-refractivity contribution is 9.10. The number of benzene rings is 3. The lowest BCUT2D eigenvalue weighted by molar-refractivity contribution is 0.174. The molecular weight excluding hydrogens is 434 g/mol. The maximum absolute atomic E-state index is 6.02. The van der Waals surface area contributed by atoms with E-state index in [2.05, 4.69) is 21.2 Å². The maximum atomic E-state index is 6.02. The minimum Gasteiger partial charge on any atom is -0.490 e. The predicted molar refractivity (Wildman–Crippen MR) is 116 cm³/mol. The number of fused-ring (bicyclic) bond motifs is 1. The fourth-order valence-corrected chi connectivity index (χ4v) is 3.50. The van der Waals surface area contributed by atoms with E-state index >= 15 is 0 Å². The average molecular weight is 456 g/mol. The van der Waals surface area contributed by atoms with Gasteiger partial charge >= 0.3 is 0 Å². The molecule has 0 bridgehead atoms. The van der Waals surface area contributed by atoms with Crippen molar-refractivity contribution in [2.45, 2.75) is 20.1 Å². The lowest BCUT2D eigenvalue weighted by atomic mass is 10.2. The molecule has 0 saturated carbocycles. The summed E-state index contributed by atoms with van der Waals surface area (Å²) in [5.41, 5.74) is 3.14. The van der Waals surface area contributed by atoms with Crippen LogP contribution in [0, 0.1) is 0 Å². The molecule has 0 saturated heterocycles. The van der Waals surface area contributed by atoms with Crippen molar-refractivity contribution in [2.75, 3.05) is 18.7 Å². The summed E-state index contributed by atoms with van der Waals surface area (Å²) in [5.74, 6) is 2.98. The monoisotopic (exact) mass is 455 g/mol. The van der Waals surface area contributed by atoms with Gasteiger partial charge in [0.25, 0.3) is 0 Å². The minimum absolute atomic E-state index is 0.270. The van der Waals surface area contributed by atoms with E-state index < -0.39 is 0 Å². The van der Waals surface area contributed by atoms with Crippen LogP contribution in [-0.2, 0) is 13.2 Å². The second-order valence-electron chi connectivity index (χ2n) is 6.52. The Balaban J connectivity index is 1.47. The van der Waals surface area contributed by atoms with E-state index in [1.54, 1.807) is 0 Å². The lowest BCUT2D eigenvalue weighted by Gasteiger charge is -2.16. The molecule has 150 valence electrons. The van der Waals surface area contributed by atoms with Crippen LogP contribution in [0.4, 0.5) is 5.69 Å². The van der Waals surface area contributed by atoms with Crippen LogP contribution in [-0.4, -0.2) is 13.4 Å². The van der Waals surface area contributed by atoms with Gasteiger partial charge in [-0.2, -0.15) is 0 Å². The molecule has 0 aromatic heterocycles. The number of hydrogen-bond acceptors (Lipinski definition) is 5. The second-order valence-corrected chi connectivity index (χ2v) is 7.37. The summed E-state index contributed by atoms with van der Waals surface area (Å²) in [5, 5.41) is 3.42. The molecule has 6 heteroatoms. The van der Waals surface area contributed by atoms with Gasteiger partial charge in [0, 0.05) is 22.8 Å². The van der Waals surface area contributed by atoms with Gasteiger partial charge in [-0.3, -0.25) is 0 Å². The van der Waals surface area contributed by atoms with E-state index in [9.17, 15) is 0 Å². The Morgan fingerprint density at radius 2 is 1.72 bits per heavy atom. The van der Waals surface area contributed by atoms with Gasteiger partial charge in [-0.05, 0) is 42.3 Å². The molecule has 29 heavy (non-hydrogen) atoms. The van der Waals surface area contributed by atoms with Crippen LogP contribution in [0.5, 0.6) is 23.0 Å². The van der Waals surface area contributed by atoms with Crippen molar-refractivity contribution in [3.8, 4) is 23.0 Å². The quantitative estimate of drug-likeness (QED) is 0.467. The fraction of sp³-hybridized carbons (Fsp3) is 0.217. The molecule has 0 fully saturated rings. The first-order valence-corrected chi connectivity index (χ1v) is 10.3. The first kappa shape index (κ1) is 19.5. The van der Waals surface area contributed by atoms with E-state index in [-0.39, 0.29) is 6.79 Å². The number of anilines is 1. The summed E-state index contributed by atoms with van der Waals surface area (Å²) in [6.07, 6.45) is 0. The van der Waals surface area contributed by atoms with Crippen LogP contribution in [0.3, 0.4) is 0 Å². The molecule has 1 N–H and O–H groups in total. The number of nitrogens with one attached hydrogen (secondary N) is 1. The van der Waals surface area contributed by atoms with Crippen molar-refractivity contribution < 1.29 is 18.9 Å². The van der Waals surface area contributed by atoms with Crippen LogP contribution in [0.1, 0.15) is 18.1 Å². The molecular formula is C23H22BrNO4. The number of halogens is 1. The smallest absolute Gasteiger partial charge is 0.231 e. The SMILES string of the molecule is CCOc1cc(CNc2ccc3c(c2)OCO3)c(Br)cc1OCc1ccccc1. The minimum atomic E-state index is 0.270. The Kier molecular flexibility index (Phi) is 6.10. The van der Waals surface area contributed by atoms with Crippen molar-refractivity contribution in [1.29, 1.82) is 0 Å². The topological polar surface area (TPSA) is 49.0 Å². The molecule has 1 heterocycles. The third kappa shape index (κ3) is 4.77. The molecule has 3 aromatic rings. The number of hydrogen-bond donors (Lipinski definition) is 1. The summed E-state index contributed by atoms with van der Waals surface area (Å²) in [6.45, 7) is 3.92. The highest BCUT2D eigenvalue weighted by Gasteiger charge is 2.14. The van der Waals surface area contributed by atoms with Crippen molar-refractivity contribution >= 4 is 21.6 Å². The standard InChI is InChI=1S/C23H22BrNO4/c1-2-26-21-10-17(13-25-18-8-9-20-22(11-18)29-15-28-20)19(24)12-23(21)27-14-16-6-4-3-5-7-16/h3-12,25H,2,13-15H2,1H3. The normalized spacial score (nSPS) is 11.9. The number of rotatable bonds is 8. The third-order valence-corrected chi connectivity index (χ3v) is 5.24. The van der Waals surface area contributed by atoms with Crippen molar-refractivity contribution in [3.63, 3.8) is 0 Å². The van der Waals surface area contributed by atoms with Gasteiger partial charge < -0.3 is 24.3 Å². The Labute approximate surface area is 178 Å². The zero-order valence-corrected chi connectivity index (χ0v) is 17.7. The Morgan fingerprint density at radius 1 is 0.931 bits per heavy atom. The first-order chi connectivity index (χ1) is 14.2. The van der Waals surface area contributed by atoms with Gasteiger partial charge in [0.05, 0.1) is 6.61 Å². The summed E-state index contributed by atoms with van der Waals surface area (Å²) in [4.78, 5) is 0. The molecule has 1 aliphatic heterocycles. The van der Waals surface area contributed by atoms with Gasteiger partial charge in [0.15, 0.2) is 23.0 Å². The summed E-state index contributed by atoms with van der Waals surface area (Å²) >= 11 is 3.66. The largest absolute Gasteiger partial charge is 0.490 e. The van der Waals surface area contributed by atoms with Gasteiger partial charge in [-0.25, -0.2) is 0 Å². The van der Waals surface area contributed by atoms with Crippen LogP contribution in [0.25, 0.3) is 0 Å². The van der Waals surface area contributed by atoms with Gasteiger partial charge in [0.1, 0.15) is 6.61 Å². The summed E-state index contributed by atoms with van der Waals surface area (Å²) in [6, 6.07) is 19.9. The van der Waals surface area contributed by atoms with Gasteiger partial charge in [-0.1, -0.05) is 46.3 Å². The zero-order valence-electron chi connectivity index (χ0n) is 16.1. The van der Waals surface area contributed by atoms with Gasteiger partial charge in [-0.15, -0.1) is 0 Å². The third-order valence-electron chi connectivity index (χ3n) is 4.51. The molecule has 5 nitrogen and oxygen atoms in total. The van der Waals surface area contributed by atoms with Crippen molar-refractivity contribution in [3.05, 3.63) is 76.3 Å². The lowest BCUT2D eigenvalue weighted by Crippen LogP contribution is -2.04. The van der Waals surface area contributed by atoms with Crippen LogP contribution in [0.2, 0.25) is 0 Å². The molecule has 0 amide bonds. The van der Waals surface area contributed by atoms with E-state index in [1.165, 1.54) is 0 Å². The van der Waals surface area contributed by atoms with E-state index in [0.29, 0.717) is 19.8 Å². The Morgan fingerprint density at radius 3 is 2.55 bits per heavy atom. The maximum Gasteiger partial charge on any atom is 0.231 e. The molecule has 3 aromatic carbocycles. The predicted octanol–water partition coefficient (Wildman–Crippen LogP) is 5.77. The van der Waals surface area contributed by atoms with E-state index in [1.807, 2.05) is 67.6 Å². The van der Waals surface area contributed by atoms with Crippen molar-refractivity contribution in [2.24, 2.45) is 0 Å². The van der Waals surface area contributed by atoms with E-state index in [0.717, 1.165) is 44.3 Å². The molecule has 0 aliphatic carbocycles. The van der Waals surface area contributed by atoms with Crippen LogP contribution >= 0.6 is 15.9 Å². The molecule has 0 spiro atoms. The first-order valence-electron chi connectivity index (χ1n) is 9.48. The molecule has 1 aliphatic rings. The van der Waals surface area contributed by atoms with Crippen LogP contribution < -0.4 is 24.3 Å². The van der Waals surface area contributed by atoms with Crippen LogP contribution in [0.15, 0.2) is 65.1 Å². The Hall–Kier alpha value is -2.86. The molecule has 0 radical (unpaired) electrons. The van der Waals surface area contributed by atoms with Crippen molar-refractivity contribution in [1.82, 2.24) is 0 Å². The summed E-state index contributed by atoms with van der Waals surface area (Å²) in [7, 11) is 0. The second kappa shape index (κ2) is 9.09. The number of ether oxygens (including phenoxy) is 4. The Bertz CT molecular complexity index is 978. The summed E-state index contributed by atoms with van der Waals surface area (Å²) < 4.78 is 23.6. The highest BCUT2D eigenvalue weighted by atomic mass is 79.9.